The number of nitrogens with one attached hydrogen (secondary N) is 2. The molecule has 0 bridgehead atoms. The normalized spacial score (nSPS) is 12.3. The highest BCUT2D eigenvalue weighted by Gasteiger charge is 2.08. The molecule has 0 saturated heterocycles. The number of anilines is 3. The number of aryl methyl sites for hydroxylation is 1. The Morgan fingerprint density at radius 3 is 2.50 bits per heavy atom. The van der Waals surface area contributed by atoms with Crippen LogP contribution in [0.4, 0.5) is 17.5 Å². The van der Waals surface area contributed by atoms with E-state index in [9.17, 15) is 0 Å². The second kappa shape index (κ2) is 10.7. The molecule has 1 unspecified atom stereocenters. The first-order chi connectivity index (χ1) is 14.5. The average molecular weight is 470 g/mol. The number of nitrogens with zero attached hydrogens (tertiary/aromatic N) is 3. The van der Waals surface area contributed by atoms with Crippen molar-refractivity contribution in [2.24, 2.45) is 0 Å². The molecule has 1 aromatic heterocycles. The molecule has 2 aromatic carbocycles. The molecule has 5 nitrogen and oxygen atoms in total. The molecule has 0 spiro atoms. The Labute approximate surface area is 188 Å². The summed E-state index contributed by atoms with van der Waals surface area (Å²) in [5.74, 6) is 1.48. The van der Waals surface area contributed by atoms with E-state index >= 15 is 0 Å². The molecule has 0 radical (unpaired) electrons. The maximum Gasteiger partial charge on any atom is 0.229 e. The molecule has 0 fully saturated rings. The van der Waals surface area contributed by atoms with Crippen LogP contribution in [0.5, 0.6) is 0 Å². The first-order valence-corrected chi connectivity index (χ1v) is 11.6. The van der Waals surface area contributed by atoms with E-state index in [1.54, 1.807) is 0 Å². The van der Waals surface area contributed by atoms with Gasteiger partial charge in [0.2, 0.25) is 5.95 Å². The molecule has 1 atom stereocenters. The van der Waals surface area contributed by atoms with Crippen LogP contribution in [0.2, 0.25) is 0 Å². The van der Waals surface area contributed by atoms with Gasteiger partial charge in [0, 0.05) is 28.0 Å². The Kier molecular flexibility index (Phi) is 8.05. The summed E-state index contributed by atoms with van der Waals surface area (Å²) < 4.78 is 1.08. The van der Waals surface area contributed by atoms with E-state index in [0.29, 0.717) is 12.0 Å². The van der Waals surface area contributed by atoms with Crippen molar-refractivity contribution in [1.29, 1.82) is 0 Å². The summed E-state index contributed by atoms with van der Waals surface area (Å²) in [4.78, 5) is 11.7. The van der Waals surface area contributed by atoms with Crippen LogP contribution in [0.25, 0.3) is 10.8 Å². The fourth-order valence-electron chi connectivity index (χ4n) is 3.61. The predicted octanol–water partition coefficient (Wildman–Crippen LogP) is 6.37. The average Bonchev–Trinajstić information content (AvgIpc) is 2.71. The minimum absolute atomic E-state index is 0.363. The summed E-state index contributed by atoms with van der Waals surface area (Å²) in [6, 6.07) is 14.9. The van der Waals surface area contributed by atoms with Gasteiger partial charge in [-0.2, -0.15) is 4.98 Å². The van der Waals surface area contributed by atoms with Gasteiger partial charge in [-0.25, -0.2) is 4.98 Å². The van der Waals surface area contributed by atoms with Crippen LogP contribution in [0, 0.1) is 6.92 Å². The van der Waals surface area contributed by atoms with E-state index in [1.807, 2.05) is 13.0 Å². The van der Waals surface area contributed by atoms with Crippen molar-refractivity contribution in [3.05, 3.63) is 52.6 Å². The van der Waals surface area contributed by atoms with Crippen molar-refractivity contribution >= 4 is 44.2 Å². The minimum Gasteiger partial charge on any atom is -0.367 e. The van der Waals surface area contributed by atoms with Crippen molar-refractivity contribution in [2.75, 3.05) is 30.3 Å². The van der Waals surface area contributed by atoms with E-state index in [-0.39, 0.29) is 0 Å². The van der Waals surface area contributed by atoms with Gasteiger partial charge in [0.05, 0.1) is 0 Å². The highest BCUT2D eigenvalue weighted by Crippen LogP contribution is 2.24. The van der Waals surface area contributed by atoms with Crippen molar-refractivity contribution in [3.8, 4) is 0 Å². The molecule has 6 heteroatoms. The zero-order valence-electron chi connectivity index (χ0n) is 18.4. The maximum atomic E-state index is 4.69. The van der Waals surface area contributed by atoms with Crippen LogP contribution in [-0.2, 0) is 0 Å². The fraction of sp³-hybridized carbons (Fsp3) is 0.417. The lowest BCUT2D eigenvalue weighted by atomic mass is 10.1. The molecule has 2 N–H and O–H groups in total. The van der Waals surface area contributed by atoms with E-state index in [0.717, 1.165) is 47.7 Å². The molecule has 0 aliphatic rings. The third-order valence-electron chi connectivity index (χ3n) is 5.31. The van der Waals surface area contributed by atoms with Crippen molar-refractivity contribution in [1.82, 2.24) is 14.9 Å². The van der Waals surface area contributed by atoms with Crippen LogP contribution in [0.1, 0.15) is 39.3 Å². The van der Waals surface area contributed by atoms with Crippen LogP contribution in [0.15, 0.2) is 46.9 Å². The van der Waals surface area contributed by atoms with E-state index in [2.05, 4.69) is 98.6 Å². The summed E-state index contributed by atoms with van der Waals surface area (Å²) in [5.41, 5.74) is 1.92. The Morgan fingerprint density at radius 2 is 1.73 bits per heavy atom. The monoisotopic (exact) mass is 469 g/mol. The second-order valence-electron chi connectivity index (χ2n) is 7.76. The van der Waals surface area contributed by atoms with Gasteiger partial charge in [0.1, 0.15) is 5.82 Å². The molecule has 3 aromatic rings. The smallest absolute Gasteiger partial charge is 0.229 e. The van der Waals surface area contributed by atoms with Gasteiger partial charge in [0.25, 0.3) is 0 Å². The van der Waals surface area contributed by atoms with Crippen LogP contribution >= 0.6 is 15.9 Å². The number of benzene rings is 2. The Bertz CT molecular complexity index is 971. The lowest BCUT2D eigenvalue weighted by Crippen LogP contribution is -2.25. The summed E-state index contributed by atoms with van der Waals surface area (Å²) in [7, 11) is 0. The SMILES string of the molecule is CCN(CC)CCCC(C)Nc1cc(C)nc(Nc2ccc3cc(Br)ccc3c2)n1. The molecule has 0 aliphatic carbocycles. The van der Waals surface area contributed by atoms with Crippen LogP contribution < -0.4 is 10.6 Å². The van der Waals surface area contributed by atoms with Gasteiger partial charge in [-0.15, -0.1) is 0 Å². The first kappa shape index (κ1) is 22.5. The number of aromatic nitrogens is 2. The highest BCUT2D eigenvalue weighted by atomic mass is 79.9. The molecule has 160 valence electrons. The Balaban J connectivity index is 1.64. The highest BCUT2D eigenvalue weighted by molar-refractivity contribution is 9.10. The van der Waals surface area contributed by atoms with Gasteiger partial charge in [-0.05, 0) is 81.4 Å². The van der Waals surface area contributed by atoms with Crippen LogP contribution in [0.3, 0.4) is 0 Å². The number of halogens is 1. The number of hydrogen-bond donors (Lipinski definition) is 2. The fourth-order valence-corrected chi connectivity index (χ4v) is 3.99. The van der Waals surface area contributed by atoms with Crippen molar-refractivity contribution in [2.45, 2.75) is 46.6 Å². The van der Waals surface area contributed by atoms with E-state index in [4.69, 9.17) is 0 Å². The molecule has 1 heterocycles. The molecule has 0 amide bonds. The predicted molar refractivity (Wildman–Crippen MR) is 132 cm³/mol. The van der Waals surface area contributed by atoms with Crippen LogP contribution in [-0.4, -0.2) is 40.5 Å². The van der Waals surface area contributed by atoms with Crippen molar-refractivity contribution in [3.63, 3.8) is 0 Å². The molecular weight excluding hydrogens is 438 g/mol. The van der Waals surface area contributed by atoms with E-state index in [1.165, 1.54) is 17.2 Å². The minimum atomic E-state index is 0.363. The first-order valence-electron chi connectivity index (χ1n) is 10.8. The van der Waals surface area contributed by atoms with Gasteiger partial charge < -0.3 is 15.5 Å². The van der Waals surface area contributed by atoms with E-state index < -0.39 is 0 Å². The third kappa shape index (κ3) is 6.41. The largest absolute Gasteiger partial charge is 0.367 e. The zero-order valence-corrected chi connectivity index (χ0v) is 20.0. The van der Waals surface area contributed by atoms with Gasteiger partial charge >= 0.3 is 0 Å². The second-order valence-corrected chi connectivity index (χ2v) is 8.68. The number of rotatable bonds is 10. The summed E-state index contributed by atoms with van der Waals surface area (Å²) in [5, 5.41) is 9.27. The number of fused-ring (bicyclic) bond motifs is 1. The maximum absolute atomic E-state index is 4.69. The number of hydrogen-bond acceptors (Lipinski definition) is 5. The quantitative estimate of drug-likeness (QED) is 0.361. The summed E-state index contributed by atoms with van der Waals surface area (Å²) in [6.07, 6.45) is 2.29. The van der Waals surface area contributed by atoms with Gasteiger partial charge in [-0.1, -0.05) is 41.9 Å². The molecular formula is C24H32BrN5. The summed E-state index contributed by atoms with van der Waals surface area (Å²) >= 11 is 3.53. The van der Waals surface area contributed by atoms with Gasteiger partial charge in [-0.3, -0.25) is 0 Å². The topological polar surface area (TPSA) is 53.1 Å². The molecule has 0 saturated carbocycles. The molecule has 30 heavy (non-hydrogen) atoms. The molecule has 0 aliphatic heterocycles. The lowest BCUT2D eigenvalue weighted by molar-refractivity contribution is 0.295. The zero-order chi connectivity index (χ0) is 21.5. The Morgan fingerprint density at radius 1 is 1.00 bits per heavy atom. The van der Waals surface area contributed by atoms with Crippen molar-refractivity contribution < 1.29 is 0 Å². The third-order valence-corrected chi connectivity index (χ3v) is 5.81. The molecule has 3 rings (SSSR count). The summed E-state index contributed by atoms with van der Waals surface area (Å²) in [6.45, 7) is 12.0. The lowest BCUT2D eigenvalue weighted by Gasteiger charge is -2.20. The van der Waals surface area contributed by atoms with Gasteiger partial charge in [0.15, 0.2) is 0 Å². The standard InChI is InChI=1S/C24H32BrN5/c1-5-30(6-2)13-7-8-17(3)26-23-14-18(4)27-24(29-23)28-22-12-10-19-15-21(25)11-9-20(19)16-22/h9-12,14-17H,5-8,13H2,1-4H3,(H2,26,27,28,29). The Hall–Kier alpha value is -2.18.